The number of hydrogen-bond donors (Lipinski definition) is 1. The summed E-state index contributed by atoms with van der Waals surface area (Å²) < 4.78 is 4.52. The van der Waals surface area contributed by atoms with Crippen molar-refractivity contribution in [3.8, 4) is 0 Å². The average Bonchev–Trinajstić information content (AvgIpc) is 2.50. The van der Waals surface area contributed by atoms with Gasteiger partial charge < -0.3 is 9.72 Å². The first-order chi connectivity index (χ1) is 5.29. The number of carbonyl (C=O) groups excluding carboxylic acids is 1. The Balaban J connectivity index is 3.01. The standard InChI is InChI=1S/C8H9NO2/c1-3-6-4-5-9-7(6)8(10)11-2/h3-5,9H,1H2,2H3. The molecule has 0 radical (unpaired) electrons. The summed E-state index contributed by atoms with van der Waals surface area (Å²) in [5.74, 6) is -0.370. The van der Waals surface area contributed by atoms with Crippen molar-refractivity contribution in [3.05, 3.63) is 30.1 Å². The minimum Gasteiger partial charge on any atom is -0.464 e. The highest BCUT2D eigenvalue weighted by atomic mass is 16.5. The smallest absolute Gasteiger partial charge is 0.355 e. The number of rotatable bonds is 2. The van der Waals surface area contributed by atoms with Crippen molar-refractivity contribution in [2.75, 3.05) is 7.11 Å². The zero-order chi connectivity index (χ0) is 8.27. The Bertz CT molecular complexity index is 275. The first-order valence-corrected chi connectivity index (χ1v) is 3.17. The van der Waals surface area contributed by atoms with E-state index in [1.54, 1.807) is 18.3 Å². The Morgan fingerprint density at radius 3 is 3.09 bits per heavy atom. The van der Waals surface area contributed by atoms with Crippen molar-refractivity contribution in [3.63, 3.8) is 0 Å². The molecule has 0 unspecified atom stereocenters. The Morgan fingerprint density at radius 1 is 1.82 bits per heavy atom. The van der Waals surface area contributed by atoms with Crippen LogP contribution in [0.15, 0.2) is 18.8 Å². The summed E-state index contributed by atoms with van der Waals surface area (Å²) in [6.07, 6.45) is 3.27. The predicted molar refractivity (Wildman–Crippen MR) is 42.2 cm³/mol. The van der Waals surface area contributed by atoms with Crippen LogP contribution >= 0.6 is 0 Å². The van der Waals surface area contributed by atoms with Crippen LogP contribution < -0.4 is 0 Å². The number of methoxy groups -OCH3 is 1. The van der Waals surface area contributed by atoms with Crippen molar-refractivity contribution >= 4 is 12.0 Å². The topological polar surface area (TPSA) is 42.1 Å². The number of esters is 1. The summed E-state index contributed by atoms with van der Waals surface area (Å²) in [6.45, 7) is 3.55. The van der Waals surface area contributed by atoms with Gasteiger partial charge in [0.15, 0.2) is 0 Å². The molecule has 0 saturated heterocycles. The van der Waals surface area contributed by atoms with Gasteiger partial charge in [-0.25, -0.2) is 4.79 Å². The SMILES string of the molecule is C=Cc1cc[nH]c1C(=O)OC. The van der Waals surface area contributed by atoms with Crippen molar-refractivity contribution in [1.29, 1.82) is 0 Å². The molecule has 3 heteroatoms. The number of ether oxygens (including phenoxy) is 1. The van der Waals surface area contributed by atoms with E-state index in [-0.39, 0.29) is 5.97 Å². The van der Waals surface area contributed by atoms with Gasteiger partial charge in [0.25, 0.3) is 0 Å². The molecule has 0 aliphatic carbocycles. The van der Waals surface area contributed by atoms with Crippen LogP contribution in [0.1, 0.15) is 16.1 Å². The first kappa shape index (κ1) is 7.60. The summed E-state index contributed by atoms with van der Waals surface area (Å²) in [5.41, 5.74) is 1.21. The van der Waals surface area contributed by atoms with Gasteiger partial charge in [0.1, 0.15) is 5.69 Å². The number of aromatic nitrogens is 1. The molecule has 0 aromatic carbocycles. The van der Waals surface area contributed by atoms with E-state index in [4.69, 9.17) is 0 Å². The zero-order valence-corrected chi connectivity index (χ0v) is 6.26. The van der Waals surface area contributed by atoms with Crippen molar-refractivity contribution < 1.29 is 9.53 Å². The van der Waals surface area contributed by atoms with Crippen LogP contribution in [0.5, 0.6) is 0 Å². The molecule has 0 aliphatic rings. The molecule has 0 spiro atoms. The second kappa shape index (κ2) is 3.05. The van der Waals surface area contributed by atoms with Gasteiger partial charge in [-0.15, -0.1) is 0 Å². The molecule has 1 rings (SSSR count). The quantitative estimate of drug-likeness (QED) is 0.650. The fraction of sp³-hybridized carbons (Fsp3) is 0.125. The normalized spacial score (nSPS) is 9.18. The highest BCUT2D eigenvalue weighted by molar-refractivity contribution is 5.91. The third kappa shape index (κ3) is 1.32. The van der Waals surface area contributed by atoms with Gasteiger partial charge in [-0.05, 0) is 6.07 Å². The number of hydrogen-bond acceptors (Lipinski definition) is 2. The second-order valence-corrected chi connectivity index (χ2v) is 2.00. The number of H-pyrrole nitrogens is 1. The molecule has 3 nitrogen and oxygen atoms in total. The van der Waals surface area contributed by atoms with Crippen LogP contribution in [0.4, 0.5) is 0 Å². The maximum Gasteiger partial charge on any atom is 0.355 e. The minimum atomic E-state index is -0.370. The molecule has 1 aromatic heterocycles. The number of carbonyl (C=O) groups is 1. The van der Waals surface area contributed by atoms with Crippen LogP contribution in [0, 0.1) is 0 Å². The highest BCUT2D eigenvalue weighted by Crippen LogP contribution is 2.08. The molecule has 0 aliphatic heterocycles. The molecule has 1 heterocycles. The maximum atomic E-state index is 11.0. The largest absolute Gasteiger partial charge is 0.464 e. The molecular formula is C8H9NO2. The molecule has 0 atom stereocenters. The van der Waals surface area contributed by atoms with Crippen LogP contribution in [0.2, 0.25) is 0 Å². The third-order valence-corrected chi connectivity index (χ3v) is 1.39. The predicted octanol–water partition coefficient (Wildman–Crippen LogP) is 1.44. The number of nitrogens with one attached hydrogen (secondary N) is 1. The van der Waals surface area contributed by atoms with Crippen molar-refractivity contribution in [2.24, 2.45) is 0 Å². The van der Waals surface area contributed by atoms with Gasteiger partial charge in [0.2, 0.25) is 0 Å². The lowest BCUT2D eigenvalue weighted by atomic mass is 10.2. The van der Waals surface area contributed by atoms with E-state index in [0.717, 1.165) is 5.56 Å². The summed E-state index contributed by atoms with van der Waals surface area (Å²) in [5, 5.41) is 0. The Morgan fingerprint density at radius 2 is 2.55 bits per heavy atom. The van der Waals surface area contributed by atoms with E-state index in [2.05, 4.69) is 16.3 Å². The molecule has 0 fully saturated rings. The van der Waals surface area contributed by atoms with E-state index >= 15 is 0 Å². The van der Waals surface area contributed by atoms with Crippen molar-refractivity contribution in [1.82, 2.24) is 4.98 Å². The molecule has 0 saturated carbocycles. The lowest BCUT2D eigenvalue weighted by Gasteiger charge is -1.95. The summed E-state index contributed by atoms with van der Waals surface area (Å²) in [7, 11) is 1.34. The molecule has 58 valence electrons. The van der Waals surface area contributed by atoms with Gasteiger partial charge >= 0.3 is 5.97 Å². The van der Waals surface area contributed by atoms with Gasteiger partial charge in [-0.2, -0.15) is 0 Å². The molecule has 0 bridgehead atoms. The molecule has 1 aromatic rings. The van der Waals surface area contributed by atoms with Crippen LogP contribution in [0.25, 0.3) is 6.08 Å². The molecule has 1 N–H and O–H groups in total. The third-order valence-electron chi connectivity index (χ3n) is 1.39. The van der Waals surface area contributed by atoms with E-state index < -0.39 is 0 Å². The maximum absolute atomic E-state index is 11.0. The van der Waals surface area contributed by atoms with Gasteiger partial charge in [0, 0.05) is 11.8 Å². The second-order valence-electron chi connectivity index (χ2n) is 2.00. The Kier molecular flexibility index (Phi) is 2.11. The van der Waals surface area contributed by atoms with E-state index in [1.165, 1.54) is 7.11 Å². The lowest BCUT2D eigenvalue weighted by Crippen LogP contribution is -2.02. The van der Waals surface area contributed by atoms with Crippen molar-refractivity contribution in [2.45, 2.75) is 0 Å². The van der Waals surface area contributed by atoms with Crippen LogP contribution in [0.3, 0.4) is 0 Å². The number of aromatic amines is 1. The summed E-state index contributed by atoms with van der Waals surface area (Å²) >= 11 is 0. The fourth-order valence-corrected chi connectivity index (χ4v) is 0.830. The monoisotopic (exact) mass is 151 g/mol. The Hall–Kier alpha value is -1.51. The van der Waals surface area contributed by atoms with E-state index in [0.29, 0.717) is 5.69 Å². The van der Waals surface area contributed by atoms with Crippen LogP contribution in [-0.2, 0) is 4.74 Å². The van der Waals surface area contributed by atoms with Gasteiger partial charge in [0.05, 0.1) is 7.11 Å². The molecule has 0 amide bonds. The zero-order valence-electron chi connectivity index (χ0n) is 6.26. The molecule has 11 heavy (non-hydrogen) atoms. The molecular weight excluding hydrogens is 142 g/mol. The van der Waals surface area contributed by atoms with Crippen LogP contribution in [-0.4, -0.2) is 18.1 Å². The highest BCUT2D eigenvalue weighted by Gasteiger charge is 2.09. The fourth-order valence-electron chi connectivity index (χ4n) is 0.830. The Labute approximate surface area is 64.7 Å². The summed E-state index contributed by atoms with van der Waals surface area (Å²) in [6, 6.07) is 1.76. The summed E-state index contributed by atoms with van der Waals surface area (Å²) in [4.78, 5) is 13.7. The van der Waals surface area contributed by atoms with Gasteiger partial charge in [-0.1, -0.05) is 12.7 Å². The average molecular weight is 151 g/mol. The lowest BCUT2D eigenvalue weighted by molar-refractivity contribution is 0.0594. The van der Waals surface area contributed by atoms with E-state index in [9.17, 15) is 4.79 Å². The first-order valence-electron chi connectivity index (χ1n) is 3.17. The van der Waals surface area contributed by atoms with Gasteiger partial charge in [-0.3, -0.25) is 0 Å². The minimum absolute atomic E-state index is 0.370. The van der Waals surface area contributed by atoms with E-state index in [1.807, 2.05) is 0 Å².